The van der Waals surface area contributed by atoms with Crippen LogP contribution < -0.4 is 5.32 Å². The van der Waals surface area contributed by atoms with E-state index in [4.69, 9.17) is 0 Å². The molecule has 108 valence electrons. The molecular weight excluding hydrogens is 274 g/mol. The van der Waals surface area contributed by atoms with Gasteiger partial charge in [0.15, 0.2) is 0 Å². The molecule has 5 nitrogen and oxygen atoms in total. The van der Waals surface area contributed by atoms with Crippen LogP contribution in [0.4, 0.5) is 4.79 Å². The molecule has 1 aromatic heterocycles. The maximum atomic E-state index is 11.5. The van der Waals surface area contributed by atoms with Gasteiger partial charge in [0.1, 0.15) is 0 Å². The van der Waals surface area contributed by atoms with Gasteiger partial charge in [0.2, 0.25) is 5.91 Å². The Hall–Kier alpha value is -1.40. The molecule has 0 radical (unpaired) electrons. The number of hydrogen-bond donors (Lipinski definition) is 1. The Labute approximate surface area is 122 Å². The van der Waals surface area contributed by atoms with Crippen LogP contribution in [0.15, 0.2) is 17.5 Å². The van der Waals surface area contributed by atoms with Gasteiger partial charge in [-0.1, -0.05) is 6.07 Å². The first-order valence-electron chi connectivity index (χ1n) is 7.11. The van der Waals surface area contributed by atoms with E-state index in [1.807, 2.05) is 11.3 Å². The van der Waals surface area contributed by atoms with E-state index < -0.39 is 0 Å². The third kappa shape index (κ3) is 2.71. The highest BCUT2D eigenvalue weighted by molar-refractivity contribution is 7.10. The molecule has 1 atom stereocenters. The number of imide groups is 1. The molecule has 0 spiro atoms. The van der Waals surface area contributed by atoms with Crippen molar-refractivity contribution in [3.8, 4) is 0 Å². The number of thiophene rings is 1. The summed E-state index contributed by atoms with van der Waals surface area (Å²) in [5, 5.41) is 4.68. The zero-order chi connectivity index (χ0) is 13.9. The predicted molar refractivity (Wildman–Crippen MR) is 77.6 cm³/mol. The summed E-state index contributed by atoms with van der Waals surface area (Å²) in [6.45, 7) is 2.74. The van der Waals surface area contributed by atoms with Crippen LogP contribution in [0.3, 0.4) is 0 Å². The lowest BCUT2D eigenvalue weighted by atomic mass is 10.2. The Morgan fingerprint density at radius 2 is 2.25 bits per heavy atom. The summed E-state index contributed by atoms with van der Waals surface area (Å²) in [7, 11) is 0. The van der Waals surface area contributed by atoms with E-state index in [2.05, 4.69) is 27.7 Å². The zero-order valence-corrected chi connectivity index (χ0v) is 12.2. The maximum Gasteiger partial charge on any atom is 0.324 e. The van der Waals surface area contributed by atoms with Crippen LogP contribution >= 0.6 is 11.3 Å². The molecule has 2 aliphatic rings. The molecule has 3 heterocycles. The van der Waals surface area contributed by atoms with Crippen LogP contribution in [0.5, 0.6) is 0 Å². The molecule has 1 aromatic rings. The van der Waals surface area contributed by atoms with Crippen molar-refractivity contribution in [2.75, 3.05) is 26.2 Å². The molecule has 1 unspecified atom stereocenters. The zero-order valence-electron chi connectivity index (χ0n) is 11.4. The van der Waals surface area contributed by atoms with Gasteiger partial charge in [0, 0.05) is 24.0 Å². The van der Waals surface area contributed by atoms with Crippen molar-refractivity contribution in [2.24, 2.45) is 0 Å². The summed E-state index contributed by atoms with van der Waals surface area (Å²) in [6, 6.07) is 4.58. The quantitative estimate of drug-likeness (QED) is 0.843. The summed E-state index contributed by atoms with van der Waals surface area (Å²) in [5.41, 5.74) is 0. The van der Waals surface area contributed by atoms with Crippen LogP contribution in [0.25, 0.3) is 0 Å². The Bertz CT molecular complexity index is 473. The molecule has 2 fully saturated rings. The smallest absolute Gasteiger partial charge is 0.324 e. The average molecular weight is 293 g/mol. The standard InChI is InChI=1S/C14H19N3O2S/c18-13-10-15-14(19)17(13)8-3-7-16-6-1-4-11(16)12-5-2-9-20-12/h2,5,9,11H,1,3-4,6-8,10H2,(H,15,19). The summed E-state index contributed by atoms with van der Waals surface area (Å²) in [6.07, 6.45) is 3.29. The average Bonchev–Trinajstić information content (AvgIpc) is 3.14. The number of carbonyl (C=O) groups excluding carboxylic acids is 2. The molecule has 2 saturated heterocycles. The van der Waals surface area contributed by atoms with Crippen LogP contribution in [0.1, 0.15) is 30.2 Å². The fourth-order valence-electron chi connectivity index (χ4n) is 3.01. The minimum Gasteiger partial charge on any atom is -0.329 e. The number of rotatable bonds is 5. The van der Waals surface area contributed by atoms with Crippen LogP contribution in [-0.4, -0.2) is 47.9 Å². The Morgan fingerprint density at radius 3 is 2.95 bits per heavy atom. The SMILES string of the molecule is O=C1CNC(=O)N1CCCN1CCCC1c1cccs1. The normalized spacial score (nSPS) is 23.6. The number of amides is 3. The minimum absolute atomic E-state index is 0.105. The van der Waals surface area contributed by atoms with Gasteiger partial charge in [-0.05, 0) is 37.3 Å². The fourth-order valence-corrected chi connectivity index (χ4v) is 3.91. The molecule has 1 N–H and O–H groups in total. The number of carbonyl (C=O) groups is 2. The second kappa shape index (κ2) is 5.93. The molecule has 6 heteroatoms. The second-order valence-corrected chi connectivity index (χ2v) is 6.25. The Balaban J connectivity index is 1.51. The van der Waals surface area contributed by atoms with Gasteiger partial charge in [0.25, 0.3) is 0 Å². The lowest BCUT2D eigenvalue weighted by molar-refractivity contribution is -0.125. The number of hydrogen-bond acceptors (Lipinski definition) is 4. The summed E-state index contributed by atoms with van der Waals surface area (Å²) in [4.78, 5) is 28.2. The van der Waals surface area contributed by atoms with Crippen molar-refractivity contribution >= 4 is 23.3 Å². The lowest BCUT2D eigenvalue weighted by Gasteiger charge is -2.24. The van der Waals surface area contributed by atoms with Crippen LogP contribution in [0, 0.1) is 0 Å². The molecule has 2 aliphatic heterocycles. The first-order valence-corrected chi connectivity index (χ1v) is 7.99. The van der Waals surface area contributed by atoms with E-state index >= 15 is 0 Å². The van der Waals surface area contributed by atoms with Gasteiger partial charge in [-0.2, -0.15) is 0 Å². The molecule has 0 saturated carbocycles. The third-order valence-electron chi connectivity index (χ3n) is 4.00. The van der Waals surface area contributed by atoms with E-state index in [9.17, 15) is 9.59 Å². The fraction of sp³-hybridized carbons (Fsp3) is 0.571. The van der Waals surface area contributed by atoms with Crippen molar-refractivity contribution in [1.82, 2.24) is 15.1 Å². The lowest BCUT2D eigenvalue weighted by Crippen LogP contribution is -2.34. The van der Waals surface area contributed by atoms with Gasteiger partial charge in [-0.15, -0.1) is 11.3 Å². The highest BCUT2D eigenvalue weighted by Gasteiger charge is 2.29. The summed E-state index contributed by atoms with van der Waals surface area (Å²) >= 11 is 1.81. The van der Waals surface area contributed by atoms with Gasteiger partial charge < -0.3 is 5.32 Å². The van der Waals surface area contributed by atoms with Crippen molar-refractivity contribution in [3.05, 3.63) is 22.4 Å². The number of nitrogens with zero attached hydrogens (tertiary/aromatic N) is 2. The number of nitrogens with one attached hydrogen (secondary N) is 1. The van der Waals surface area contributed by atoms with E-state index in [1.165, 1.54) is 22.6 Å². The van der Waals surface area contributed by atoms with Crippen LogP contribution in [-0.2, 0) is 4.79 Å². The predicted octanol–water partition coefficient (Wildman–Crippen LogP) is 1.83. The largest absolute Gasteiger partial charge is 0.329 e. The van der Waals surface area contributed by atoms with E-state index in [1.54, 1.807) is 0 Å². The third-order valence-corrected chi connectivity index (χ3v) is 4.97. The van der Waals surface area contributed by atoms with Gasteiger partial charge in [-0.25, -0.2) is 4.79 Å². The van der Waals surface area contributed by atoms with E-state index in [-0.39, 0.29) is 18.5 Å². The number of likely N-dealkylation sites (tertiary alicyclic amines) is 1. The maximum absolute atomic E-state index is 11.5. The minimum atomic E-state index is -0.244. The second-order valence-electron chi connectivity index (χ2n) is 5.27. The summed E-state index contributed by atoms with van der Waals surface area (Å²) < 4.78 is 0. The van der Waals surface area contributed by atoms with Gasteiger partial charge >= 0.3 is 6.03 Å². The molecule has 0 bridgehead atoms. The highest BCUT2D eigenvalue weighted by Crippen LogP contribution is 2.34. The van der Waals surface area contributed by atoms with Gasteiger partial charge in [0.05, 0.1) is 6.54 Å². The Morgan fingerprint density at radius 1 is 1.35 bits per heavy atom. The van der Waals surface area contributed by atoms with E-state index in [0.29, 0.717) is 12.6 Å². The molecule has 0 aliphatic carbocycles. The monoisotopic (exact) mass is 293 g/mol. The van der Waals surface area contributed by atoms with Gasteiger partial charge in [-0.3, -0.25) is 14.6 Å². The molecule has 3 rings (SSSR count). The summed E-state index contributed by atoms with van der Waals surface area (Å²) in [5.74, 6) is -0.105. The molecule has 0 aromatic carbocycles. The number of urea groups is 1. The van der Waals surface area contributed by atoms with Crippen LogP contribution in [0.2, 0.25) is 0 Å². The van der Waals surface area contributed by atoms with Crippen molar-refractivity contribution in [1.29, 1.82) is 0 Å². The van der Waals surface area contributed by atoms with Crippen molar-refractivity contribution in [2.45, 2.75) is 25.3 Å². The molecular formula is C14H19N3O2S. The molecule has 3 amide bonds. The highest BCUT2D eigenvalue weighted by atomic mass is 32.1. The topological polar surface area (TPSA) is 52.7 Å². The van der Waals surface area contributed by atoms with Crippen molar-refractivity contribution in [3.63, 3.8) is 0 Å². The Kier molecular flexibility index (Phi) is 4.03. The first kappa shape index (κ1) is 13.6. The molecule has 20 heavy (non-hydrogen) atoms. The first-order chi connectivity index (χ1) is 9.75. The van der Waals surface area contributed by atoms with E-state index in [0.717, 1.165) is 19.5 Å². The van der Waals surface area contributed by atoms with Crippen molar-refractivity contribution < 1.29 is 9.59 Å².